The minimum absolute atomic E-state index is 0.0265. The summed E-state index contributed by atoms with van der Waals surface area (Å²) >= 11 is 0. The lowest BCUT2D eigenvalue weighted by atomic mass is 9.94. The molecular weight excluding hydrogens is 222 g/mol. The predicted octanol–water partition coefficient (Wildman–Crippen LogP) is 1.58. The summed E-state index contributed by atoms with van der Waals surface area (Å²) in [6.45, 7) is 3.46. The summed E-state index contributed by atoms with van der Waals surface area (Å²) in [6, 6.07) is 0.931. The number of rotatable bonds is 4. The molecule has 0 aromatic heterocycles. The van der Waals surface area contributed by atoms with E-state index in [-0.39, 0.29) is 17.9 Å². The number of carboxylic acid groups (broad SMARTS) is 1. The second-order valence-corrected chi connectivity index (χ2v) is 4.12. The Kier molecular flexibility index (Phi) is 3.96. The molecule has 0 spiro atoms. The molecule has 0 saturated carbocycles. The van der Waals surface area contributed by atoms with Gasteiger partial charge in [0.25, 0.3) is 0 Å². The van der Waals surface area contributed by atoms with E-state index in [0.717, 1.165) is 5.56 Å². The van der Waals surface area contributed by atoms with Gasteiger partial charge in [0, 0.05) is 12.5 Å². The van der Waals surface area contributed by atoms with Crippen LogP contribution in [0.5, 0.6) is 11.5 Å². The number of hydrogen-bond donors (Lipinski definition) is 4. The number of phenolic OH excluding ortho intramolecular Hbond substituents is 2. The van der Waals surface area contributed by atoms with Crippen LogP contribution in [0, 0.1) is 13.8 Å². The van der Waals surface area contributed by atoms with E-state index < -0.39 is 12.0 Å². The summed E-state index contributed by atoms with van der Waals surface area (Å²) in [5.41, 5.74) is 7.88. The summed E-state index contributed by atoms with van der Waals surface area (Å²) in [7, 11) is 0. The Hall–Kier alpha value is -1.75. The van der Waals surface area contributed by atoms with Crippen LogP contribution < -0.4 is 5.73 Å². The van der Waals surface area contributed by atoms with Crippen molar-refractivity contribution < 1.29 is 20.1 Å². The molecule has 5 nitrogen and oxygen atoms in total. The first-order valence-corrected chi connectivity index (χ1v) is 5.34. The van der Waals surface area contributed by atoms with Crippen molar-refractivity contribution in [2.45, 2.75) is 32.7 Å². The molecular formula is C12H17NO4. The molecule has 0 radical (unpaired) electrons. The smallest absolute Gasteiger partial charge is 0.303 e. The molecule has 5 heteroatoms. The highest BCUT2D eigenvalue weighted by atomic mass is 16.4. The predicted molar refractivity (Wildman–Crippen MR) is 63.0 cm³/mol. The number of carbonyl (C=O) groups is 1. The third kappa shape index (κ3) is 2.88. The number of hydrogen-bond acceptors (Lipinski definition) is 4. The van der Waals surface area contributed by atoms with Crippen molar-refractivity contribution in [3.63, 3.8) is 0 Å². The summed E-state index contributed by atoms with van der Waals surface area (Å²) in [5.74, 6) is -1.29. The third-order valence-electron chi connectivity index (χ3n) is 2.95. The van der Waals surface area contributed by atoms with Crippen LogP contribution in [-0.2, 0) is 4.79 Å². The fourth-order valence-electron chi connectivity index (χ4n) is 1.73. The molecule has 1 rings (SSSR count). The Bertz CT molecular complexity index is 443. The molecule has 1 aromatic carbocycles. The zero-order valence-corrected chi connectivity index (χ0v) is 9.90. The zero-order chi connectivity index (χ0) is 13.2. The van der Waals surface area contributed by atoms with Gasteiger partial charge in [-0.15, -0.1) is 0 Å². The molecule has 0 fully saturated rings. The van der Waals surface area contributed by atoms with Crippen molar-refractivity contribution in [2.75, 3.05) is 0 Å². The van der Waals surface area contributed by atoms with Crippen LogP contribution >= 0.6 is 0 Å². The van der Waals surface area contributed by atoms with E-state index in [1.807, 2.05) is 0 Å². The van der Waals surface area contributed by atoms with E-state index in [0.29, 0.717) is 17.5 Å². The first kappa shape index (κ1) is 13.3. The van der Waals surface area contributed by atoms with Crippen LogP contribution in [0.2, 0.25) is 0 Å². The van der Waals surface area contributed by atoms with Gasteiger partial charge in [0.1, 0.15) is 0 Å². The van der Waals surface area contributed by atoms with Gasteiger partial charge in [0.15, 0.2) is 11.5 Å². The average molecular weight is 239 g/mol. The van der Waals surface area contributed by atoms with Gasteiger partial charge < -0.3 is 21.1 Å². The highest BCUT2D eigenvalue weighted by Gasteiger charge is 2.16. The van der Waals surface area contributed by atoms with Crippen LogP contribution in [0.25, 0.3) is 0 Å². The zero-order valence-electron chi connectivity index (χ0n) is 9.90. The fraction of sp³-hybridized carbons (Fsp3) is 0.417. The molecule has 1 atom stereocenters. The average Bonchev–Trinajstić information content (AvgIpc) is 2.28. The Morgan fingerprint density at radius 3 is 2.47 bits per heavy atom. The summed E-state index contributed by atoms with van der Waals surface area (Å²) in [4.78, 5) is 10.5. The maximum Gasteiger partial charge on any atom is 0.303 e. The largest absolute Gasteiger partial charge is 0.504 e. The van der Waals surface area contributed by atoms with Crippen LogP contribution in [0.3, 0.4) is 0 Å². The van der Waals surface area contributed by atoms with Crippen molar-refractivity contribution in [1.82, 2.24) is 0 Å². The normalized spacial score (nSPS) is 12.4. The molecule has 0 amide bonds. The second kappa shape index (κ2) is 5.05. The topological polar surface area (TPSA) is 104 Å². The highest BCUT2D eigenvalue weighted by Crippen LogP contribution is 2.35. The molecule has 0 saturated heterocycles. The number of aromatic hydroxyl groups is 2. The maximum absolute atomic E-state index is 10.5. The number of benzene rings is 1. The molecule has 1 aromatic rings. The van der Waals surface area contributed by atoms with Crippen molar-refractivity contribution in [1.29, 1.82) is 0 Å². The lowest BCUT2D eigenvalue weighted by molar-refractivity contribution is -0.137. The van der Waals surface area contributed by atoms with E-state index >= 15 is 0 Å². The van der Waals surface area contributed by atoms with Gasteiger partial charge in [-0.05, 0) is 43.0 Å². The summed E-state index contributed by atoms with van der Waals surface area (Å²) in [6.07, 6.45) is 0.265. The van der Waals surface area contributed by atoms with Gasteiger partial charge in [-0.3, -0.25) is 4.79 Å². The Morgan fingerprint density at radius 2 is 1.94 bits per heavy atom. The molecule has 0 aliphatic rings. The highest BCUT2D eigenvalue weighted by molar-refractivity contribution is 5.66. The number of phenols is 2. The number of carboxylic acids is 1. The van der Waals surface area contributed by atoms with E-state index in [9.17, 15) is 15.0 Å². The Labute approximate surface area is 99.5 Å². The Balaban J connectivity index is 3.02. The van der Waals surface area contributed by atoms with Gasteiger partial charge in [-0.1, -0.05) is 0 Å². The third-order valence-corrected chi connectivity index (χ3v) is 2.95. The number of aliphatic carboxylic acids is 1. The SMILES string of the molecule is Cc1c(C(N)CCC(=O)O)cc(O)c(O)c1C. The second-order valence-electron chi connectivity index (χ2n) is 4.12. The quantitative estimate of drug-likeness (QED) is 0.597. The first-order valence-electron chi connectivity index (χ1n) is 5.34. The maximum atomic E-state index is 10.5. The van der Waals surface area contributed by atoms with Crippen molar-refractivity contribution >= 4 is 5.97 Å². The molecule has 0 heterocycles. The van der Waals surface area contributed by atoms with Gasteiger partial charge in [0.2, 0.25) is 0 Å². The molecule has 0 bridgehead atoms. The van der Waals surface area contributed by atoms with Gasteiger partial charge in [0.05, 0.1) is 0 Å². The van der Waals surface area contributed by atoms with Crippen molar-refractivity contribution in [3.05, 3.63) is 22.8 Å². The first-order chi connectivity index (χ1) is 7.84. The standard InChI is InChI=1S/C12H17NO4/c1-6-7(2)12(17)10(14)5-8(6)9(13)3-4-11(15)16/h5,9,14,17H,3-4,13H2,1-2H3,(H,15,16). The van der Waals surface area contributed by atoms with Gasteiger partial charge in [-0.2, -0.15) is 0 Å². The minimum Gasteiger partial charge on any atom is -0.504 e. The molecule has 5 N–H and O–H groups in total. The van der Waals surface area contributed by atoms with Gasteiger partial charge in [-0.25, -0.2) is 0 Å². The van der Waals surface area contributed by atoms with Gasteiger partial charge >= 0.3 is 5.97 Å². The molecule has 0 aliphatic carbocycles. The minimum atomic E-state index is -0.905. The Morgan fingerprint density at radius 1 is 1.35 bits per heavy atom. The fourth-order valence-corrected chi connectivity index (χ4v) is 1.73. The van der Waals surface area contributed by atoms with E-state index in [4.69, 9.17) is 10.8 Å². The van der Waals surface area contributed by atoms with Crippen molar-refractivity contribution in [3.8, 4) is 11.5 Å². The number of nitrogens with two attached hydrogens (primary N) is 1. The monoisotopic (exact) mass is 239 g/mol. The lowest BCUT2D eigenvalue weighted by Crippen LogP contribution is -2.14. The molecule has 1 unspecified atom stereocenters. The van der Waals surface area contributed by atoms with Crippen LogP contribution in [0.4, 0.5) is 0 Å². The van der Waals surface area contributed by atoms with Crippen LogP contribution in [0.15, 0.2) is 6.07 Å². The van der Waals surface area contributed by atoms with E-state index in [1.54, 1.807) is 13.8 Å². The van der Waals surface area contributed by atoms with E-state index in [2.05, 4.69) is 0 Å². The summed E-state index contributed by atoms with van der Waals surface area (Å²) in [5, 5.41) is 27.6. The molecule has 17 heavy (non-hydrogen) atoms. The van der Waals surface area contributed by atoms with Crippen molar-refractivity contribution in [2.24, 2.45) is 5.73 Å². The van der Waals surface area contributed by atoms with Crippen LogP contribution in [-0.4, -0.2) is 21.3 Å². The van der Waals surface area contributed by atoms with E-state index in [1.165, 1.54) is 6.07 Å². The molecule has 0 aliphatic heterocycles. The van der Waals surface area contributed by atoms with Crippen LogP contribution in [0.1, 0.15) is 35.6 Å². The summed E-state index contributed by atoms with van der Waals surface area (Å²) < 4.78 is 0. The lowest BCUT2D eigenvalue weighted by Gasteiger charge is -2.17. The molecule has 94 valence electrons.